The standard InChI is InChI=1S/C119H136O20/c1-25-134-138-136-115-79(21)37-85(57-97(115)111(91-43-73(15)103(124)51-65(91)7)92-44-74(16)104(125)52-66(92)8)118(83-35-77(19)113(132-59-107(128)129)95(55-83)109(87-39-69(11)99(120)47-61(87)3)88-40-70(12)100(121)48-62(88)4)31-27-81(28-32-118)117(23,24)82-29-33-119(34-30-82,84-36-78(20)114(133-60-108(130)131)96(56-84)110(89-41-71(13)101(122)49-63(89)5)90-42-72(14)102(123)50-64(90)6)86-38-80(22)116(137-139-135-26-2)98(58-86)112(93-45-75(17)105(126)53-67(93)9)94-46-76(18)106(127)54-68(94)10/h35-58,81-82,109-112,120-127H,25-34,59-60H2,1-24H3,(H,128,129)(H,130,131). The summed E-state index contributed by atoms with van der Waals surface area (Å²) < 4.78 is 13.3. The SMILES string of the molecule is CCOOOc1c(C)cc(C2(c3cc(C)c(OCC(=O)O)c(C(c4cc(C)c(O)cc4C)c4cc(C)c(O)cc4C)c3)CCC(C(C)(C)C3CCC(c4cc(C)c(OCC(=O)O)c(C(c5cc(C)c(O)cc5C)c5cc(C)c(O)cc5C)c4)(c4cc(C)c(OOOCC)c(C(c5cc(C)c(O)cc5C)c5cc(C)c(O)cc5C)c4)CC3)CC2)cc1C(c1cc(C)c(O)cc1C)c1cc(C)c(O)cc1C. The normalized spacial score (nSPS) is 16.3. The molecule has 14 rings (SSSR count). The molecule has 12 aromatic rings. The van der Waals surface area contributed by atoms with Crippen LogP contribution >= 0.6 is 0 Å². The van der Waals surface area contributed by atoms with E-state index in [1.165, 1.54) is 0 Å². The average molecular weight is 1890 g/mol. The predicted octanol–water partition coefficient (Wildman–Crippen LogP) is 26.4. The quantitative estimate of drug-likeness (QED) is 0.00811. The van der Waals surface area contributed by atoms with Gasteiger partial charge in [-0.15, -0.1) is 0 Å². The molecule has 10 N–H and O–H groups in total. The summed E-state index contributed by atoms with van der Waals surface area (Å²) in [5, 5.41) is 125. The minimum absolute atomic E-state index is 0.0790. The summed E-state index contributed by atoms with van der Waals surface area (Å²) in [5.74, 6) is -2.21. The van der Waals surface area contributed by atoms with Gasteiger partial charge in [-0.2, -0.15) is 9.78 Å². The summed E-state index contributed by atoms with van der Waals surface area (Å²) >= 11 is 0. The molecule has 0 bridgehead atoms. The lowest BCUT2D eigenvalue weighted by atomic mass is 9.52. The molecule has 139 heavy (non-hydrogen) atoms. The first-order valence-corrected chi connectivity index (χ1v) is 48.3. The van der Waals surface area contributed by atoms with E-state index in [4.69, 9.17) is 39.1 Å². The summed E-state index contributed by atoms with van der Waals surface area (Å²) in [7, 11) is 0. The molecule has 2 aliphatic carbocycles. The minimum Gasteiger partial charge on any atom is -0.508 e. The molecular formula is C119H136O20. The van der Waals surface area contributed by atoms with Crippen LogP contribution in [0.25, 0.3) is 0 Å². The van der Waals surface area contributed by atoms with Crippen LogP contribution in [-0.2, 0) is 40.3 Å². The Morgan fingerprint density at radius 3 is 0.647 bits per heavy atom. The maximum Gasteiger partial charge on any atom is 0.341 e. The van der Waals surface area contributed by atoms with Crippen LogP contribution < -0.4 is 19.2 Å². The van der Waals surface area contributed by atoms with Gasteiger partial charge in [-0.1, -0.05) is 111 Å². The summed E-state index contributed by atoms with van der Waals surface area (Å²) in [6, 6.07) is 47.9. The lowest BCUT2D eigenvalue weighted by Crippen LogP contribution is -2.43. The smallest absolute Gasteiger partial charge is 0.341 e. The number of hydrogen-bond donors (Lipinski definition) is 10. The Balaban J connectivity index is 1.00. The number of phenolic OH excluding ortho intramolecular Hbond substituents is 8. The van der Waals surface area contributed by atoms with E-state index < -0.39 is 65.1 Å². The van der Waals surface area contributed by atoms with E-state index in [9.17, 15) is 60.7 Å². The second kappa shape index (κ2) is 40.8. The maximum absolute atomic E-state index is 13.0. The van der Waals surface area contributed by atoms with Gasteiger partial charge in [-0.3, -0.25) is 0 Å². The van der Waals surface area contributed by atoms with Crippen molar-refractivity contribution in [3.8, 4) is 69.0 Å². The van der Waals surface area contributed by atoms with Crippen molar-refractivity contribution in [3.63, 3.8) is 0 Å². The Morgan fingerprint density at radius 2 is 0.460 bits per heavy atom. The molecule has 0 amide bonds. The number of hydrogen-bond acceptors (Lipinski definition) is 18. The van der Waals surface area contributed by atoms with Crippen LogP contribution in [0, 0.1) is 156 Å². The Labute approximate surface area is 817 Å². The fourth-order valence-electron chi connectivity index (χ4n) is 22.9. The Hall–Kier alpha value is -13.0. The van der Waals surface area contributed by atoms with E-state index in [1.54, 1.807) is 62.4 Å². The van der Waals surface area contributed by atoms with Crippen molar-refractivity contribution in [3.05, 3.63) is 346 Å². The molecule has 0 heterocycles. The summed E-state index contributed by atoms with van der Waals surface area (Å²) in [5.41, 5.74) is 25.5. The van der Waals surface area contributed by atoms with Gasteiger partial charge in [-0.05, 0) is 458 Å². The van der Waals surface area contributed by atoms with Crippen LogP contribution in [0.3, 0.4) is 0 Å². The van der Waals surface area contributed by atoms with Gasteiger partial charge in [0.15, 0.2) is 24.7 Å². The monoisotopic (exact) mass is 1880 g/mol. The first-order valence-electron chi connectivity index (χ1n) is 48.3. The highest BCUT2D eigenvalue weighted by atomic mass is 17.5. The molecule has 2 fully saturated rings. The number of carbonyl (C=O) groups is 2. The van der Waals surface area contributed by atoms with E-state index >= 15 is 0 Å². The molecular weight excluding hydrogens is 1750 g/mol. The van der Waals surface area contributed by atoms with Crippen molar-refractivity contribution in [2.24, 2.45) is 17.3 Å². The highest BCUT2D eigenvalue weighted by Gasteiger charge is 2.51. The number of phenols is 8. The molecule has 732 valence electrons. The second-order valence-corrected chi connectivity index (χ2v) is 40.6. The predicted molar refractivity (Wildman–Crippen MR) is 541 cm³/mol. The lowest BCUT2D eigenvalue weighted by molar-refractivity contribution is -0.464. The number of carboxylic acid groups (broad SMARTS) is 2. The number of benzene rings is 12. The van der Waals surface area contributed by atoms with Gasteiger partial charge in [0.1, 0.15) is 57.5 Å². The molecule has 0 aromatic heterocycles. The molecule has 20 nitrogen and oxygen atoms in total. The van der Waals surface area contributed by atoms with Crippen molar-refractivity contribution < 1.29 is 99.8 Å². The first-order chi connectivity index (χ1) is 65.7. The van der Waals surface area contributed by atoms with Crippen molar-refractivity contribution in [2.75, 3.05) is 26.4 Å². The van der Waals surface area contributed by atoms with Crippen LogP contribution in [0.4, 0.5) is 0 Å². The van der Waals surface area contributed by atoms with Gasteiger partial charge >= 0.3 is 11.9 Å². The van der Waals surface area contributed by atoms with Crippen molar-refractivity contribution in [1.82, 2.24) is 0 Å². The largest absolute Gasteiger partial charge is 0.508 e. The summed E-state index contributed by atoms with van der Waals surface area (Å²) in [4.78, 5) is 50.3. The van der Waals surface area contributed by atoms with Gasteiger partial charge in [-0.25, -0.2) is 9.59 Å². The third-order valence-corrected chi connectivity index (χ3v) is 30.9. The second-order valence-electron chi connectivity index (χ2n) is 40.6. The molecule has 2 saturated carbocycles. The molecule has 0 unspecified atom stereocenters. The summed E-state index contributed by atoms with van der Waals surface area (Å²) in [6.45, 7) is 46.2. The first kappa shape index (κ1) is 102. The van der Waals surface area contributed by atoms with Crippen molar-refractivity contribution >= 4 is 11.9 Å². The molecule has 0 spiro atoms. The lowest BCUT2D eigenvalue weighted by Gasteiger charge is -2.52. The zero-order valence-electron chi connectivity index (χ0n) is 84.9. The fourth-order valence-corrected chi connectivity index (χ4v) is 22.9. The van der Waals surface area contributed by atoms with Crippen LogP contribution in [0.15, 0.2) is 146 Å². The third-order valence-electron chi connectivity index (χ3n) is 30.9. The van der Waals surface area contributed by atoms with Gasteiger partial charge in [0.2, 0.25) is 0 Å². The zero-order chi connectivity index (χ0) is 101. The van der Waals surface area contributed by atoms with Crippen LogP contribution in [0.1, 0.15) is 303 Å². The molecule has 20 heteroatoms. The van der Waals surface area contributed by atoms with Gasteiger partial charge < -0.3 is 70.3 Å². The molecule has 2 aliphatic rings. The van der Waals surface area contributed by atoms with E-state index in [-0.39, 0.29) is 71.0 Å². The number of aromatic hydroxyl groups is 8. The summed E-state index contributed by atoms with van der Waals surface area (Å²) in [6.07, 6.45) is 5.19. The van der Waals surface area contributed by atoms with Gasteiger partial charge in [0.25, 0.3) is 0 Å². The molecule has 0 aliphatic heterocycles. The molecule has 12 aromatic carbocycles. The number of aliphatic carboxylic acids is 2. The highest BCUT2D eigenvalue weighted by molar-refractivity contribution is 5.72. The molecule has 0 atom stereocenters. The third kappa shape index (κ3) is 20.1. The van der Waals surface area contributed by atoms with Crippen molar-refractivity contribution in [1.29, 1.82) is 0 Å². The van der Waals surface area contributed by atoms with Gasteiger partial charge in [0, 0.05) is 56.8 Å². The van der Waals surface area contributed by atoms with Gasteiger partial charge in [0.05, 0.1) is 13.2 Å². The maximum atomic E-state index is 13.0. The highest BCUT2D eigenvalue weighted by Crippen LogP contribution is 2.62. The number of aryl methyl sites for hydroxylation is 20. The van der Waals surface area contributed by atoms with Crippen LogP contribution in [0.2, 0.25) is 0 Å². The average Bonchev–Trinajstić information content (AvgIpc) is 0.725. The van der Waals surface area contributed by atoms with E-state index in [1.807, 2.05) is 187 Å². The Kier molecular flexibility index (Phi) is 29.9. The fraction of sp³-hybridized carbons (Fsp3) is 0.378. The number of rotatable bonds is 32. The van der Waals surface area contributed by atoms with E-state index in [0.717, 1.165) is 134 Å². The van der Waals surface area contributed by atoms with Crippen molar-refractivity contribution in [2.45, 2.75) is 252 Å². The van der Waals surface area contributed by atoms with E-state index in [2.05, 4.69) is 62.4 Å². The Morgan fingerprint density at radius 1 is 0.273 bits per heavy atom. The van der Waals surface area contributed by atoms with Crippen LogP contribution in [-0.4, -0.2) is 89.4 Å². The number of ether oxygens (including phenoxy) is 2. The molecule has 0 radical (unpaired) electrons. The molecule has 0 saturated heterocycles. The number of carboxylic acids is 2. The van der Waals surface area contributed by atoms with Crippen LogP contribution in [0.5, 0.6) is 69.0 Å². The minimum atomic E-state index is -1.16. The van der Waals surface area contributed by atoms with E-state index in [0.29, 0.717) is 141 Å². The zero-order valence-corrected chi connectivity index (χ0v) is 84.9. The topological polar surface area (TPSA) is 310 Å². The Bertz CT molecular complexity index is 6120.